The van der Waals surface area contributed by atoms with Crippen molar-refractivity contribution in [3.05, 3.63) is 24.2 Å². The minimum absolute atomic E-state index is 0.254. The van der Waals surface area contributed by atoms with Crippen LogP contribution in [0.5, 0.6) is 0 Å². The fourth-order valence-electron chi connectivity index (χ4n) is 2.39. The van der Waals surface area contributed by atoms with Gasteiger partial charge < -0.3 is 15.2 Å². The van der Waals surface area contributed by atoms with E-state index in [2.05, 4.69) is 26.9 Å². The molecule has 2 aromatic rings. The van der Waals surface area contributed by atoms with Gasteiger partial charge in [0.05, 0.1) is 5.56 Å². The lowest BCUT2D eigenvalue weighted by atomic mass is 10.2. The van der Waals surface area contributed by atoms with Gasteiger partial charge in [-0.25, -0.2) is 4.98 Å². The van der Waals surface area contributed by atoms with Crippen molar-refractivity contribution in [2.75, 3.05) is 18.0 Å². The van der Waals surface area contributed by atoms with Crippen LogP contribution in [0.2, 0.25) is 0 Å². The first-order valence-electron chi connectivity index (χ1n) is 7.06. The fraction of sp³-hybridized carbons (Fsp3) is 0.500. The Bertz CT molecular complexity index is 565. The van der Waals surface area contributed by atoms with Crippen molar-refractivity contribution >= 4 is 5.82 Å². The number of nitrogens with zero attached hydrogens (tertiary/aromatic N) is 4. The second-order valence-corrected chi connectivity index (χ2v) is 5.17. The standard InChI is InChI=1S/C14H19N5O/c1-2-3-12-17-14(20-18-12)10-4-5-13(16-8-10)19-7-6-11(15)9-19/h4-5,8,11H,2-3,6-7,9,15H2,1H3. The van der Waals surface area contributed by atoms with Crippen LogP contribution in [0, 0.1) is 0 Å². The topological polar surface area (TPSA) is 81.1 Å². The second kappa shape index (κ2) is 5.58. The summed E-state index contributed by atoms with van der Waals surface area (Å²) in [6, 6.07) is 4.20. The van der Waals surface area contributed by atoms with E-state index in [0.29, 0.717) is 5.89 Å². The van der Waals surface area contributed by atoms with Crippen molar-refractivity contribution in [3.63, 3.8) is 0 Å². The molecule has 2 aromatic heterocycles. The van der Waals surface area contributed by atoms with E-state index in [1.807, 2.05) is 12.1 Å². The van der Waals surface area contributed by atoms with Crippen molar-refractivity contribution in [2.24, 2.45) is 5.73 Å². The number of pyridine rings is 1. The zero-order valence-electron chi connectivity index (χ0n) is 11.6. The van der Waals surface area contributed by atoms with Crippen LogP contribution in [-0.4, -0.2) is 34.3 Å². The molecule has 1 aliphatic rings. The first-order valence-corrected chi connectivity index (χ1v) is 7.06. The average molecular weight is 273 g/mol. The number of nitrogens with two attached hydrogens (primary N) is 1. The van der Waals surface area contributed by atoms with Crippen molar-refractivity contribution in [3.8, 4) is 11.5 Å². The number of hydrogen-bond acceptors (Lipinski definition) is 6. The van der Waals surface area contributed by atoms with Gasteiger partial charge in [-0.1, -0.05) is 12.1 Å². The third-order valence-electron chi connectivity index (χ3n) is 3.49. The van der Waals surface area contributed by atoms with Crippen LogP contribution in [0.4, 0.5) is 5.82 Å². The van der Waals surface area contributed by atoms with Gasteiger partial charge in [-0.05, 0) is 25.0 Å². The molecule has 1 fully saturated rings. The average Bonchev–Trinajstić information content (AvgIpc) is 3.09. The Hall–Kier alpha value is -1.95. The summed E-state index contributed by atoms with van der Waals surface area (Å²) in [5, 5.41) is 3.95. The lowest BCUT2D eigenvalue weighted by Gasteiger charge is -2.16. The van der Waals surface area contributed by atoms with Gasteiger partial charge >= 0.3 is 0 Å². The Morgan fingerprint density at radius 2 is 2.35 bits per heavy atom. The highest BCUT2D eigenvalue weighted by Crippen LogP contribution is 2.21. The van der Waals surface area contributed by atoms with E-state index >= 15 is 0 Å². The first-order chi connectivity index (χ1) is 9.76. The van der Waals surface area contributed by atoms with Crippen molar-refractivity contribution in [2.45, 2.75) is 32.2 Å². The lowest BCUT2D eigenvalue weighted by Crippen LogP contribution is -2.26. The molecule has 0 aliphatic carbocycles. The van der Waals surface area contributed by atoms with Crippen molar-refractivity contribution in [1.82, 2.24) is 15.1 Å². The summed E-state index contributed by atoms with van der Waals surface area (Å²) >= 11 is 0. The van der Waals surface area contributed by atoms with Gasteiger partial charge in [0.15, 0.2) is 5.82 Å². The molecule has 1 saturated heterocycles. The zero-order chi connectivity index (χ0) is 13.9. The van der Waals surface area contributed by atoms with E-state index in [0.717, 1.165) is 49.6 Å². The van der Waals surface area contributed by atoms with Gasteiger partial charge in [0.2, 0.25) is 0 Å². The van der Waals surface area contributed by atoms with Crippen LogP contribution in [0.15, 0.2) is 22.9 Å². The Morgan fingerprint density at radius 3 is 3.00 bits per heavy atom. The van der Waals surface area contributed by atoms with Crippen LogP contribution < -0.4 is 10.6 Å². The Balaban J connectivity index is 1.75. The maximum atomic E-state index is 5.91. The number of aromatic nitrogens is 3. The number of aryl methyl sites for hydroxylation is 1. The molecule has 20 heavy (non-hydrogen) atoms. The summed E-state index contributed by atoms with van der Waals surface area (Å²) in [5.74, 6) is 2.23. The van der Waals surface area contributed by atoms with E-state index < -0.39 is 0 Å². The molecule has 1 unspecified atom stereocenters. The van der Waals surface area contributed by atoms with Crippen LogP contribution in [0.1, 0.15) is 25.6 Å². The highest BCUT2D eigenvalue weighted by molar-refractivity contribution is 5.55. The summed E-state index contributed by atoms with van der Waals surface area (Å²) in [7, 11) is 0. The summed E-state index contributed by atoms with van der Waals surface area (Å²) in [5.41, 5.74) is 6.77. The quantitative estimate of drug-likeness (QED) is 0.911. The molecular formula is C14H19N5O. The van der Waals surface area contributed by atoms with Gasteiger partial charge in [-0.3, -0.25) is 0 Å². The van der Waals surface area contributed by atoms with Gasteiger partial charge in [0, 0.05) is 31.7 Å². The molecule has 3 rings (SSSR count). The summed E-state index contributed by atoms with van der Waals surface area (Å²) in [6.45, 7) is 3.93. The van der Waals surface area contributed by atoms with Crippen molar-refractivity contribution < 1.29 is 4.52 Å². The van der Waals surface area contributed by atoms with E-state index in [9.17, 15) is 0 Å². The van der Waals surface area contributed by atoms with Crippen LogP contribution in [-0.2, 0) is 6.42 Å². The Kier molecular flexibility index (Phi) is 3.64. The molecule has 0 radical (unpaired) electrons. The SMILES string of the molecule is CCCc1noc(-c2ccc(N3CCC(N)C3)nc2)n1. The van der Waals surface area contributed by atoms with Crippen LogP contribution in [0.3, 0.4) is 0 Å². The number of rotatable bonds is 4. The molecule has 1 atom stereocenters. The van der Waals surface area contributed by atoms with Crippen molar-refractivity contribution in [1.29, 1.82) is 0 Å². The molecule has 0 saturated carbocycles. The first kappa shape index (κ1) is 13.1. The van der Waals surface area contributed by atoms with Gasteiger partial charge in [0.1, 0.15) is 5.82 Å². The molecule has 6 nitrogen and oxygen atoms in total. The lowest BCUT2D eigenvalue weighted by molar-refractivity contribution is 0.422. The smallest absolute Gasteiger partial charge is 0.259 e. The van der Waals surface area contributed by atoms with Crippen LogP contribution >= 0.6 is 0 Å². The van der Waals surface area contributed by atoms with E-state index in [1.54, 1.807) is 6.20 Å². The van der Waals surface area contributed by atoms with Gasteiger partial charge in [-0.15, -0.1) is 0 Å². The predicted molar refractivity (Wildman–Crippen MR) is 76.3 cm³/mol. The van der Waals surface area contributed by atoms with Gasteiger partial charge in [-0.2, -0.15) is 4.98 Å². The third-order valence-corrected chi connectivity index (χ3v) is 3.49. The Labute approximate surface area is 118 Å². The second-order valence-electron chi connectivity index (χ2n) is 5.17. The van der Waals surface area contributed by atoms with Crippen LogP contribution in [0.25, 0.3) is 11.5 Å². The molecule has 0 aromatic carbocycles. The minimum Gasteiger partial charge on any atom is -0.355 e. The molecule has 6 heteroatoms. The molecule has 0 bridgehead atoms. The van der Waals surface area contributed by atoms with E-state index in [-0.39, 0.29) is 6.04 Å². The highest BCUT2D eigenvalue weighted by Gasteiger charge is 2.20. The monoisotopic (exact) mass is 273 g/mol. The summed E-state index contributed by atoms with van der Waals surface area (Å²) < 4.78 is 5.25. The summed E-state index contributed by atoms with van der Waals surface area (Å²) in [4.78, 5) is 11.0. The molecular weight excluding hydrogens is 254 g/mol. The molecule has 106 valence electrons. The van der Waals surface area contributed by atoms with E-state index in [4.69, 9.17) is 10.3 Å². The minimum atomic E-state index is 0.254. The van der Waals surface area contributed by atoms with E-state index in [1.165, 1.54) is 0 Å². The zero-order valence-corrected chi connectivity index (χ0v) is 11.6. The predicted octanol–water partition coefficient (Wildman–Crippen LogP) is 1.62. The largest absolute Gasteiger partial charge is 0.355 e. The maximum Gasteiger partial charge on any atom is 0.259 e. The van der Waals surface area contributed by atoms with Gasteiger partial charge in [0.25, 0.3) is 5.89 Å². The molecule has 0 amide bonds. The Morgan fingerprint density at radius 1 is 1.45 bits per heavy atom. The third kappa shape index (κ3) is 2.65. The fourth-order valence-corrected chi connectivity index (χ4v) is 2.39. The normalized spacial score (nSPS) is 18.7. The molecule has 2 N–H and O–H groups in total. The molecule has 1 aliphatic heterocycles. The highest BCUT2D eigenvalue weighted by atomic mass is 16.5. The number of hydrogen-bond donors (Lipinski definition) is 1. The molecule has 0 spiro atoms. The number of anilines is 1. The summed E-state index contributed by atoms with van der Waals surface area (Å²) in [6.07, 6.45) is 4.64. The molecule has 3 heterocycles. The maximum absolute atomic E-state index is 5.91.